The summed E-state index contributed by atoms with van der Waals surface area (Å²) in [6, 6.07) is 0. The Hall–Kier alpha value is -0.790. The predicted molar refractivity (Wildman–Crippen MR) is 64.9 cm³/mol. The van der Waals surface area contributed by atoms with Crippen molar-refractivity contribution in [2.45, 2.75) is 47.0 Å². The van der Waals surface area contributed by atoms with Crippen molar-refractivity contribution in [2.24, 2.45) is 4.99 Å². The number of hydrogen-bond acceptors (Lipinski definition) is 2. The second-order valence-electron chi connectivity index (χ2n) is 3.63. The van der Waals surface area contributed by atoms with Gasteiger partial charge >= 0.3 is 0 Å². The molecule has 2 heteroatoms. The van der Waals surface area contributed by atoms with Crippen molar-refractivity contribution in [1.82, 2.24) is 5.32 Å². The Bertz CT molecular complexity index is 192. The molecule has 0 aromatic rings. The Morgan fingerprint density at radius 2 is 1.93 bits per heavy atom. The summed E-state index contributed by atoms with van der Waals surface area (Å²) in [5, 5.41) is 3.37. The monoisotopic (exact) mass is 196 g/mol. The van der Waals surface area contributed by atoms with Crippen LogP contribution in [0.15, 0.2) is 16.8 Å². The minimum absolute atomic E-state index is 0.935. The molecule has 0 amide bonds. The highest BCUT2D eigenvalue weighted by Gasteiger charge is 1.89. The fraction of sp³-hybridized carbons (Fsp3) is 0.750. The summed E-state index contributed by atoms with van der Waals surface area (Å²) in [5.74, 6) is 0. The number of unbranched alkanes of at least 4 members (excludes halogenated alkanes) is 1. The van der Waals surface area contributed by atoms with E-state index in [4.69, 9.17) is 0 Å². The molecule has 0 aromatic carbocycles. The molecule has 0 aromatic heterocycles. The molecule has 0 rings (SSSR count). The van der Waals surface area contributed by atoms with Crippen LogP contribution in [0.4, 0.5) is 0 Å². The van der Waals surface area contributed by atoms with Gasteiger partial charge in [0.15, 0.2) is 0 Å². The van der Waals surface area contributed by atoms with Crippen LogP contribution < -0.4 is 5.32 Å². The lowest BCUT2D eigenvalue weighted by molar-refractivity contribution is 0.711. The van der Waals surface area contributed by atoms with Gasteiger partial charge < -0.3 is 5.32 Å². The number of rotatable bonds is 7. The number of hydrogen-bond donors (Lipinski definition) is 1. The van der Waals surface area contributed by atoms with Crippen molar-refractivity contribution in [1.29, 1.82) is 0 Å². The molecular weight excluding hydrogens is 172 g/mol. The highest BCUT2D eigenvalue weighted by atomic mass is 14.9. The average molecular weight is 196 g/mol. The van der Waals surface area contributed by atoms with Crippen LogP contribution >= 0.6 is 0 Å². The first-order valence-corrected chi connectivity index (χ1v) is 5.63. The van der Waals surface area contributed by atoms with E-state index in [1.54, 1.807) is 0 Å². The summed E-state index contributed by atoms with van der Waals surface area (Å²) in [7, 11) is 0. The van der Waals surface area contributed by atoms with Crippen LogP contribution in [0.5, 0.6) is 0 Å². The second kappa shape index (κ2) is 8.79. The van der Waals surface area contributed by atoms with E-state index >= 15 is 0 Å². The van der Waals surface area contributed by atoms with Crippen molar-refractivity contribution < 1.29 is 0 Å². The lowest BCUT2D eigenvalue weighted by Crippen LogP contribution is -2.13. The van der Waals surface area contributed by atoms with Gasteiger partial charge in [0.2, 0.25) is 0 Å². The van der Waals surface area contributed by atoms with E-state index in [-0.39, 0.29) is 0 Å². The molecule has 0 aliphatic heterocycles. The number of nitrogens with zero attached hydrogens (tertiary/aromatic N) is 1. The van der Waals surface area contributed by atoms with Gasteiger partial charge in [-0.25, -0.2) is 0 Å². The van der Waals surface area contributed by atoms with Gasteiger partial charge in [0.05, 0.1) is 0 Å². The van der Waals surface area contributed by atoms with Crippen LogP contribution in [0.25, 0.3) is 0 Å². The second-order valence-corrected chi connectivity index (χ2v) is 3.63. The van der Waals surface area contributed by atoms with Gasteiger partial charge in [-0.3, -0.25) is 4.99 Å². The van der Waals surface area contributed by atoms with E-state index in [0.717, 1.165) is 25.2 Å². The Morgan fingerprint density at radius 1 is 1.21 bits per heavy atom. The maximum absolute atomic E-state index is 4.41. The van der Waals surface area contributed by atoms with Crippen LogP contribution in [0.1, 0.15) is 47.0 Å². The number of allylic oxidation sites excluding steroid dienone is 2. The Morgan fingerprint density at radius 3 is 2.50 bits per heavy atom. The molecule has 0 radical (unpaired) electrons. The predicted octanol–water partition coefficient (Wildman–Crippen LogP) is 3.15. The van der Waals surface area contributed by atoms with E-state index in [1.165, 1.54) is 18.5 Å². The van der Waals surface area contributed by atoms with Crippen molar-refractivity contribution in [3.63, 3.8) is 0 Å². The minimum atomic E-state index is 0.935. The fourth-order valence-electron chi connectivity index (χ4n) is 1.16. The maximum Gasteiger partial charge on any atom is 0.0389 e. The van der Waals surface area contributed by atoms with E-state index in [1.807, 2.05) is 0 Å². The zero-order chi connectivity index (χ0) is 10.8. The molecule has 0 unspecified atom stereocenters. The molecule has 82 valence electrons. The molecule has 0 fully saturated rings. The summed E-state index contributed by atoms with van der Waals surface area (Å²) < 4.78 is 0. The van der Waals surface area contributed by atoms with Crippen LogP contribution in [0.2, 0.25) is 0 Å². The van der Waals surface area contributed by atoms with Crippen molar-refractivity contribution in [3.8, 4) is 0 Å². The van der Waals surface area contributed by atoms with Crippen LogP contribution in [-0.4, -0.2) is 18.8 Å². The third-order valence-corrected chi connectivity index (χ3v) is 1.94. The lowest BCUT2D eigenvalue weighted by atomic mass is 10.3. The largest absolute Gasteiger partial charge is 0.389 e. The summed E-state index contributed by atoms with van der Waals surface area (Å²) in [4.78, 5) is 4.41. The van der Waals surface area contributed by atoms with Gasteiger partial charge in [0, 0.05) is 24.5 Å². The molecule has 1 N–H and O–H groups in total. The van der Waals surface area contributed by atoms with Gasteiger partial charge in [-0.05, 0) is 32.8 Å². The summed E-state index contributed by atoms with van der Waals surface area (Å²) in [5.41, 5.74) is 2.34. The van der Waals surface area contributed by atoms with Crippen molar-refractivity contribution in [3.05, 3.63) is 11.8 Å². The zero-order valence-electron chi connectivity index (χ0n) is 10.1. The summed E-state index contributed by atoms with van der Waals surface area (Å²) in [6.45, 7) is 10.5. The van der Waals surface area contributed by atoms with Gasteiger partial charge in [-0.15, -0.1) is 0 Å². The molecule has 0 aliphatic carbocycles. The molecule has 0 aliphatic rings. The van der Waals surface area contributed by atoms with Crippen LogP contribution in [0.3, 0.4) is 0 Å². The first-order valence-electron chi connectivity index (χ1n) is 5.63. The standard InChI is InChI=1S/C12H24N2/c1-5-7-9-14-12(4)10-11(3)13-8-6-2/h10,14H,5-9H2,1-4H3. The third kappa shape index (κ3) is 7.84. The summed E-state index contributed by atoms with van der Waals surface area (Å²) >= 11 is 0. The molecule has 0 atom stereocenters. The molecule has 0 bridgehead atoms. The molecule has 0 saturated carbocycles. The van der Waals surface area contributed by atoms with E-state index in [9.17, 15) is 0 Å². The first kappa shape index (κ1) is 13.2. The average Bonchev–Trinajstić information content (AvgIpc) is 2.15. The normalized spacial score (nSPS) is 13.1. The van der Waals surface area contributed by atoms with E-state index in [2.05, 4.69) is 44.1 Å². The quantitative estimate of drug-likeness (QED) is 0.491. The molecule has 2 nitrogen and oxygen atoms in total. The summed E-state index contributed by atoms with van der Waals surface area (Å²) in [6.07, 6.45) is 5.71. The zero-order valence-corrected chi connectivity index (χ0v) is 10.1. The Kier molecular flexibility index (Phi) is 8.30. The maximum atomic E-state index is 4.41. The van der Waals surface area contributed by atoms with Crippen LogP contribution in [-0.2, 0) is 0 Å². The molecular formula is C12H24N2. The Labute approximate surface area is 88.5 Å². The number of aliphatic imine (C=N–C) groups is 1. The SMILES string of the molecule is CCCCNC(C)=CC(C)=NCCC. The van der Waals surface area contributed by atoms with Gasteiger partial charge in [-0.1, -0.05) is 20.3 Å². The highest BCUT2D eigenvalue weighted by molar-refractivity contribution is 5.93. The first-order chi connectivity index (χ1) is 6.70. The van der Waals surface area contributed by atoms with Gasteiger partial charge in [0.1, 0.15) is 0 Å². The third-order valence-electron chi connectivity index (χ3n) is 1.94. The molecule has 0 heterocycles. The van der Waals surface area contributed by atoms with Crippen LogP contribution in [0, 0.1) is 0 Å². The van der Waals surface area contributed by atoms with E-state index < -0.39 is 0 Å². The van der Waals surface area contributed by atoms with Gasteiger partial charge in [0.25, 0.3) is 0 Å². The van der Waals surface area contributed by atoms with Gasteiger partial charge in [-0.2, -0.15) is 0 Å². The minimum Gasteiger partial charge on any atom is -0.389 e. The van der Waals surface area contributed by atoms with E-state index in [0.29, 0.717) is 0 Å². The fourth-order valence-corrected chi connectivity index (χ4v) is 1.16. The molecule has 0 saturated heterocycles. The number of nitrogens with one attached hydrogen (secondary N) is 1. The highest BCUT2D eigenvalue weighted by Crippen LogP contribution is 1.92. The smallest absolute Gasteiger partial charge is 0.0389 e. The van der Waals surface area contributed by atoms with Crippen molar-refractivity contribution in [2.75, 3.05) is 13.1 Å². The topological polar surface area (TPSA) is 24.4 Å². The molecule has 0 spiro atoms. The molecule has 14 heavy (non-hydrogen) atoms. The van der Waals surface area contributed by atoms with Crippen molar-refractivity contribution >= 4 is 5.71 Å². The lowest BCUT2D eigenvalue weighted by Gasteiger charge is -2.05. The Balaban J connectivity index is 3.83.